The highest BCUT2D eigenvalue weighted by Gasteiger charge is 2.22. The SMILES string of the molecule is Cc1ccc(CN[C@H]2CC[C@@H](Nc3nc(N(C)C)c4ccccc4n3)CC2)c(F)c1. The summed E-state index contributed by atoms with van der Waals surface area (Å²) in [6, 6.07) is 14.3. The first-order chi connectivity index (χ1) is 14.5. The molecule has 0 saturated heterocycles. The van der Waals surface area contributed by atoms with Crippen LogP contribution >= 0.6 is 0 Å². The standard InChI is InChI=1S/C24H30FN5/c1-16-8-9-17(21(25)14-16)15-26-18-10-12-19(13-11-18)27-24-28-22-7-5-4-6-20(22)23(29-24)30(2)3/h4-9,14,18-19,26H,10-13,15H2,1-3H3,(H,27,28,29)/t18-,19+. The van der Waals surface area contributed by atoms with E-state index in [1.165, 1.54) is 0 Å². The maximum atomic E-state index is 14.0. The second-order valence-electron chi connectivity index (χ2n) is 8.45. The molecule has 5 nitrogen and oxygen atoms in total. The van der Waals surface area contributed by atoms with Crippen molar-refractivity contribution in [3.8, 4) is 0 Å². The summed E-state index contributed by atoms with van der Waals surface area (Å²) in [7, 11) is 4.01. The van der Waals surface area contributed by atoms with Crippen molar-refractivity contribution < 1.29 is 4.39 Å². The van der Waals surface area contributed by atoms with Crippen LogP contribution in [0.15, 0.2) is 42.5 Å². The Morgan fingerprint density at radius 1 is 1.00 bits per heavy atom. The summed E-state index contributed by atoms with van der Waals surface area (Å²) < 4.78 is 14.0. The molecule has 1 aliphatic rings. The molecule has 1 saturated carbocycles. The van der Waals surface area contributed by atoms with E-state index in [0.717, 1.165) is 53.5 Å². The molecule has 0 radical (unpaired) electrons. The van der Waals surface area contributed by atoms with Crippen molar-refractivity contribution in [1.29, 1.82) is 0 Å². The highest BCUT2D eigenvalue weighted by molar-refractivity contribution is 5.90. The molecule has 6 heteroatoms. The topological polar surface area (TPSA) is 53.1 Å². The first-order valence-electron chi connectivity index (χ1n) is 10.7. The lowest BCUT2D eigenvalue weighted by Gasteiger charge is -2.30. The van der Waals surface area contributed by atoms with E-state index in [4.69, 9.17) is 9.97 Å². The number of fused-ring (bicyclic) bond motifs is 1. The fraction of sp³-hybridized carbons (Fsp3) is 0.417. The molecule has 3 aromatic rings. The molecule has 0 unspecified atom stereocenters. The predicted octanol–water partition coefficient (Wildman–Crippen LogP) is 4.66. The van der Waals surface area contributed by atoms with E-state index < -0.39 is 0 Å². The Morgan fingerprint density at radius 3 is 2.47 bits per heavy atom. The molecular formula is C24H30FN5. The Labute approximate surface area is 177 Å². The fourth-order valence-corrected chi connectivity index (χ4v) is 4.14. The summed E-state index contributed by atoms with van der Waals surface area (Å²) in [6.45, 7) is 2.49. The summed E-state index contributed by atoms with van der Waals surface area (Å²) in [6.07, 6.45) is 4.20. The van der Waals surface area contributed by atoms with E-state index in [2.05, 4.69) is 16.7 Å². The Hall–Kier alpha value is -2.73. The van der Waals surface area contributed by atoms with E-state index in [9.17, 15) is 4.39 Å². The summed E-state index contributed by atoms with van der Waals surface area (Å²) in [5.74, 6) is 1.50. The average molecular weight is 408 g/mol. The van der Waals surface area contributed by atoms with Crippen molar-refractivity contribution in [3.05, 3.63) is 59.4 Å². The molecule has 30 heavy (non-hydrogen) atoms. The fourth-order valence-electron chi connectivity index (χ4n) is 4.14. The van der Waals surface area contributed by atoms with Crippen molar-refractivity contribution in [2.45, 2.75) is 51.2 Å². The van der Waals surface area contributed by atoms with Crippen LogP contribution in [0.3, 0.4) is 0 Å². The number of benzene rings is 2. The molecule has 0 spiro atoms. The zero-order chi connectivity index (χ0) is 21.1. The highest BCUT2D eigenvalue weighted by Crippen LogP contribution is 2.26. The maximum absolute atomic E-state index is 14.0. The van der Waals surface area contributed by atoms with Gasteiger partial charge in [-0.3, -0.25) is 0 Å². The highest BCUT2D eigenvalue weighted by atomic mass is 19.1. The van der Waals surface area contributed by atoms with E-state index in [0.29, 0.717) is 24.6 Å². The number of para-hydroxylation sites is 1. The van der Waals surface area contributed by atoms with Gasteiger partial charge >= 0.3 is 0 Å². The third kappa shape index (κ3) is 4.70. The zero-order valence-electron chi connectivity index (χ0n) is 18.0. The molecular weight excluding hydrogens is 377 g/mol. The molecule has 1 fully saturated rings. The van der Waals surface area contributed by atoms with Gasteiger partial charge in [-0.15, -0.1) is 0 Å². The molecule has 158 valence electrons. The Kier molecular flexibility index (Phi) is 6.13. The van der Waals surface area contributed by atoms with Gasteiger partial charge in [0.05, 0.1) is 5.52 Å². The van der Waals surface area contributed by atoms with Crippen LogP contribution in [0.1, 0.15) is 36.8 Å². The second kappa shape index (κ2) is 8.96. The molecule has 0 atom stereocenters. The maximum Gasteiger partial charge on any atom is 0.225 e. The first-order valence-corrected chi connectivity index (χ1v) is 10.7. The van der Waals surface area contributed by atoms with E-state index in [1.54, 1.807) is 6.07 Å². The van der Waals surface area contributed by atoms with Crippen LogP contribution in [0.2, 0.25) is 0 Å². The van der Waals surface area contributed by atoms with Crippen molar-refractivity contribution in [2.75, 3.05) is 24.3 Å². The van der Waals surface area contributed by atoms with Crippen molar-refractivity contribution in [1.82, 2.24) is 15.3 Å². The third-order valence-corrected chi connectivity index (χ3v) is 5.86. The number of anilines is 2. The van der Waals surface area contributed by atoms with Gasteiger partial charge in [0, 0.05) is 43.7 Å². The van der Waals surface area contributed by atoms with Crippen molar-refractivity contribution in [3.63, 3.8) is 0 Å². The smallest absolute Gasteiger partial charge is 0.225 e. The number of halogens is 1. The lowest BCUT2D eigenvalue weighted by Crippen LogP contribution is -2.37. The number of aromatic nitrogens is 2. The number of rotatable bonds is 6. The van der Waals surface area contributed by atoms with Gasteiger partial charge in [-0.2, -0.15) is 4.98 Å². The molecule has 0 amide bonds. The third-order valence-electron chi connectivity index (χ3n) is 5.86. The van der Waals surface area contributed by atoms with E-state index in [1.807, 2.05) is 56.3 Å². The minimum atomic E-state index is -0.122. The van der Waals surface area contributed by atoms with Gasteiger partial charge in [-0.05, 0) is 56.4 Å². The monoisotopic (exact) mass is 407 g/mol. The van der Waals surface area contributed by atoms with Crippen LogP contribution < -0.4 is 15.5 Å². The van der Waals surface area contributed by atoms with Gasteiger partial charge in [-0.25, -0.2) is 9.37 Å². The largest absolute Gasteiger partial charge is 0.362 e. The van der Waals surface area contributed by atoms with Gasteiger partial charge in [0.2, 0.25) is 5.95 Å². The van der Waals surface area contributed by atoms with E-state index in [-0.39, 0.29) is 5.82 Å². The lowest BCUT2D eigenvalue weighted by molar-refractivity contribution is 0.350. The average Bonchev–Trinajstić information content (AvgIpc) is 2.73. The normalized spacial score (nSPS) is 19.1. The number of nitrogens with zero attached hydrogens (tertiary/aromatic N) is 3. The Morgan fingerprint density at radius 2 is 1.73 bits per heavy atom. The minimum Gasteiger partial charge on any atom is -0.362 e. The van der Waals surface area contributed by atoms with Crippen LogP contribution in [0, 0.1) is 12.7 Å². The number of aryl methyl sites for hydroxylation is 1. The first kappa shape index (κ1) is 20.5. The summed E-state index contributed by atoms with van der Waals surface area (Å²) in [5, 5.41) is 8.13. The zero-order valence-corrected chi connectivity index (χ0v) is 18.0. The summed E-state index contributed by atoms with van der Waals surface area (Å²) >= 11 is 0. The van der Waals surface area contributed by atoms with Crippen molar-refractivity contribution >= 4 is 22.7 Å². The molecule has 0 aliphatic heterocycles. The van der Waals surface area contributed by atoms with Crippen LogP contribution in [-0.4, -0.2) is 36.1 Å². The second-order valence-corrected chi connectivity index (χ2v) is 8.45. The van der Waals surface area contributed by atoms with Gasteiger partial charge in [0.15, 0.2) is 0 Å². The van der Waals surface area contributed by atoms with Crippen LogP contribution in [-0.2, 0) is 6.54 Å². The Balaban J connectivity index is 1.34. The molecule has 0 bridgehead atoms. The Bertz CT molecular complexity index is 1010. The van der Waals surface area contributed by atoms with Crippen LogP contribution in [0.25, 0.3) is 10.9 Å². The molecule has 4 rings (SSSR count). The van der Waals surface area contributed by atoms with Gasteiger partial charge in [0.25, 0.3) is 0 Å². The van der Waals surface area contributed by atoms with E-state index >= 15 is 0 Å². The number of nitrogens with one attached hydrogen (secondary N) is 2. The van der Waals surface area contributed by atoms with Gasteiger partial charge in [-0.1, -0.05) is 24.3 Å². The number of hydrogen-bond acceptors (Lipinski definition) is 5. The summed E-state index contributed by atoms with van der Waals surface area (Å²) in [5.41, 5.74) is 2.65. The molecule has 1 aliphatic carbocycles. The molecule has 1 heterocycles. The lowest BCUT2D eigenvalue weighted by atomic mass is 9.91. The van der Waals surface area contributed by atoms with Crippen LogP contribution in [0.4, 0.5) is 16.2 Å². The van der Waals surface area contributed by atoms with Gasteiger partial charge in [0.1, 0.15) is 11.6 Å². The molecule has 2 aromatic carbocycles. The molecule has 2 N–H and O–H groups in total. The molecule has 1 aromatic heterocycles. The predicted molar refractivity (Wildman–Crippen MR) is 122 cm³/mol. The minimum absolute atomic E-state index is 0.122. The number of hydrogen-bond donors (Lipinski definition) is 2. The van der Waals surface area contributed by atoms with Crippen molar-refractivity contribution in [2.24, 2.45) is 0 Å². The summed E-state index contributed by atoms with van der Waals surface area (Å²) in [4.78, 5) is 11.5. The van der Waals surface area contributed by atoms with Crippen LogP contribution in [0.5, 0.6) is 0 Å². The quantitative estimate of drug-likeness (QED) is 0.623. The van der Waals surface area contributed by atoms with Gasteiger partial charge < -0.3 is 15.5 Å².